The molecule has 1 aromatic carbocycles. The lowest BCUT2D eigenvalue weighted by Crippen LogP contribution is -2.37. The van der Waals surface area contributed by atoms with Crippen molar-refractivity contribution in [2.45, 2.75) is 31.9 Å². The normalized spacial score (nSPS) is 22.6. The van der Waals surface area contributed by atoms with E-state index in [1.54, 1.807) is 0 Å². The van der Waals surface area contributed by atoms with Gasteiger partial charge in [0.05, 0.1) is 0 Å². The van der Waals surface area contributed by atoms with Gasteiger partial charge in [0, 0.05) is 12.6 Å². The third-order valence-corrected chi connectivity index (χ3v) is 3.32. The number of rotatable bonds is 5. The maximum Gasteiger partial charge on any atom is 0.119 e. The third kappa shape index (κ3) is 3.72. The van der Waals surface area contributed by atoms with E-state index in [9.17, 15) is 5.11 Å². The van der Waals surface area contributed by atoms with Crippen molar-refractivity contribution in [3.05, 3.63) is 30.3 Å². The average molecular weight is 235 g/mol. The predicted molar refractivity (Wildman–Crippen MR) is 68.2 cm³/mol. The Kier molecular flexibility index (Phi) is 4.40. The van der Waals surface area contributed by atoms with Gasteiger partial charge < -0.3 is 9.84 Å². The molecule has 1 heterocycles. The summed E-state index contributed by atoms with van der Waals surface area (Å²) in [4.78, 5) is 2.33. The zero-order valence-electron chi connectivity index (χ0n) is 10.4. The molecule has 2 atom stereocenters. The van der Waals surface area contributed by atoms with E-state index in [2.05, 4.69) is 11.8 Å². The standard InChI is InChI=1S/C14H21NO2/c1-12-6-5-9-15(12)10-13(16)11-17-14-7-3-2-4-8-14/h2-4,7-8,12-13,16H,5-6,9-11H2,1H3. The maximum absolute atomic E-state index is 9.92. The number of nitrogens with zero attached hydrogens (tertiary/aromatic N) is 1. The highest BCUT2D eigenvalue weighted by atomic mass is 16.5. The van der Waals surface area contributed by atoms with Crippen LogP contribution >= 0.6 is 0 Å². The lowest BCUT2D eigenvalue weighted by molar-refractivity contribution is 0.0662. The molecule has 2 rings (SSSR count). The highest BCUT2D eigenvalue weighted by Gasteiger charge is 2.22. The van der Waals surface area contributed by atoms with Gasteiger partial charge in [0.1, 0.15) is 18.5 Å². The summed E-state index contributed by atoms with van der Waals surface area (Å²) in [7, 11) is 0. The molecule has 1 aliphatic rings. The van der Waals surface area contributed by atoms with Gasteiger partial charge in [-0.3, -0.25) is 4.90 Å². The lowest BCUT2D eigenvalue weighted by atomic mass is 10.2. The number of ether oxygens (including phenoxy) is 1. The first-order chi connectivity index (χ1) is 8.25. The molecular weight excluding hydrogens is 214 g/mol. The first-order valence-electron chi connectivity index (χ1n) is 6.35. The van der Waals surface area contributed by atoms with Crippen molar-refractivity contribution in [3.8, 4) is 5.75 Å². The van der Waals surface area contributed by atoms with Crippen molar-refractivity contribution >= 4 is 0 Å². The molecule has 1 fully saturated rings. The van der Waals surface area contributed by atoms with Gasteiger partial charge in [-0.2, -0.15) is 0 Å². The summed E-state index contributed by atoms with van der Waals surface area (Å²) < 4.78 is 5.54. The zero-order chi connectivity index (χ0) is 12.1. The molecule has 1 N–H and O–H groups in total. The quantitative estimate of drug-likeness (QED) is 0.846. The molecule has 0 aliphatic carbocycles. The summed E-state index contributed by atoms with van der Waals surface area (Å²) in [6.45, 7) is 4.41. The van der Waals surface area contributed by atoms with Crippen LogP contribution in [0.2, 0.25) is 0 Å². The molecule has 0 saturated carbocycles. The maximum atomic E-state index is 9.92. The van der Waals surface area contributed by atoms with Gasteiger partial charge >= 0.3 is 0 Å². The van der Waals surface area contributed by atoms with Gasteiger partial charge in [-0.15, -0.1) is 0 Å². The second-order valence-electron chi connectivity index (χ2n) is 4.76. The van der Waals surface area contributed by atoms with Crippen molar-refractivity contribution in [3.63, 3.8) is 0 Å². The Labute approximate surface area is 103 Å². The monoisotopic (exact) mass is 235 g/mol. The molecule has 94 valence electrons. The number of para-hydroxylation sites is 1. The molecule has 3 heteroatoms. The Morgan fingerprint density at radius 2 is 2.18 bits per heavy atom. The number of aliphatic hydroxyl groups is 1. The van der Waals surface area contributed by atoms with Crippen LogP contribution in [0.3, 0.4) is 0 Å². The Balaban J connectivity index is 1.72. The van der Waals surface area contributed by atoms with Crippen molar-refractivity contribution in [1.29, 1.82) is 0 Å². The van der Waals surface area contributed by atoms with Crippen molar-refractivity contribution < 1.29 is 9.84 Å². The fourth-order valence-electron chi connectivity index (χ4n) is 2.30. The largest absolute Gasteiger partial charge is 0.491 e. The second-order valence-corrected chi connectivity index (χ2v) is 4.76. The minimum atomic E-state index is -0.407. The number of likely N-dealkylation sites (tertiary alicyclic amines) is 1. The van der Waals surface area contributed by atoms with E-state index in [0.29, 0.717) is 19.2 Å². The summed E-state index contributed by atoms with van der Waals surface area (Å²) in [6, 6.07) is 10.2. The van der Waals surface area contributed by atoms with Gasteiger partial charge in [0.15, 0.2) is 0 Å². The number of β-amino-alcohol motifs (C(OH)–C–C–N with tert-alkyl or cyclic N) is 1. The van der Waals surface area contributed by atoms with Crippen molar-refractivity contribution in [2.75, 3.05) is 19.7 Å². The molecule has 17 heavy (non-hydrogen) atoms. The molecule has 0 radical (unpaired) electrons. The predicted octanol–water partition coefficient (Wildman–Crippen LogP) is 1.91. The highest BCUT2D eigenvalue weighted by molar-refractivity contribution is 5.20. The Morgan fingerprint density at radius 3 is 2.82 bits per heavy atom. The topological polar surface area (TPSA) is 32.7 Å². The minimum Gasteiger partial charge on any atom is -0.491 e. The molecule has 0 amide bonds. The lowest BCUT2D eigenvalue weighted by Gasteiger charge is -2.24. The number of benzene rings is 1. The summed E-state index contributed by atoms with van der Waals surface area (Å²) in [5.74, 6) is 0.820. The number of aliphatic hydroxyl groups excluding tert-OH is 1. The summed E-state index contributed by atoms with van der Waals surface area (Å²) >= 11 is 0. The van der Waals surface area contributed by atoms with E-state index in [-0.39, 0.29) is 0 Å². The molecule has 0 aromatic heterocycles. The Morgan fingerprint density at radius 1 is 1.41 bits per heavy atom. The second kappa shape index (κ2) is 6.03. The van der Waals surface area contributed by atoms with E-state index >= 15 is 0 Å². The van der Waals surface area contributed by atoms with Crippen LogP contribution in [-0.2, 0) is 0 Å². The van der Waals surface area contributed by atoms with E-state index in [1.807, 2.05) is 30.3 Å². The van der Waals surface area contributed by atoms with Gasteiger partial charge in [0.25, 0.3) is 0 Å². The molecule has 1 aliphatic heterocycles. The van der Waals surface area contributed by atoms with Gasteiger partial charge in [0.2, 0.25) is 0 Å². The molecule has 2 unspecified atom stereocenters. The zero-order valence-corrected chi connectivity index (χ0v) is 10.4. The first-order valence-corrected chi connectivity index (χ1v) is 6.35. The fourth-order valence-corrected chi connectivity index (χ4v) is 2.30. The molecule has 3 nitrogen and oxygen atoms in total. The van der Waals surface area contributed by atoms with Gasteiger partial charge in [-0.05, 0) is 38.4 Å². The summed E-state index contributed by atoms with van der Waals surface area (Å²) in [6.07, 6.45) is 2.08. The number of hydrogen-bond donors (Lipinski definition) is 1. The Bertz CT molecular complexity index is 328. The Hall–Kier alpha value is -1.06. The van der Waals surface area contributed by atoms with E-state index in [1.165, 1.54) is 12.8 Å². The number of hydrogen-bond acceptors (Lipinski definition) is 3. The summed E-state index contributed by atoms with van der Waals surface area (Å²) in [5.41, 5.74) is 0. The van der Waals surface area contributed by atoms with Crippen LogP contribution in [0.5, 0.6) is 5.75 Å². The van der Waals surface area contributed by atoms with Crippen LogP contribution in [-0.4, -0.2) is 41.8 Å². The van der Waals surface area contributed by atoms with Crippen LogP contribution in [0.15, 0.2) is 30.3 Å². The van der Waals surface area contributed by atoms with Gasteiger partial charge in [-0.25, -0.2) is 0 Å². The van der Waals surface area contributed by atoms with Crippen LogP contribution in [0, 0.1) is 0 Å². The van der Waals surface area contributed by atoms with Crippen LogP contribution in [0.1, 0.15) is 19.8 Å². The van der Waals surface area contributed by atoms with E-state index in [4.69, 9.17) is 4.74 Å². The first kappa shape index (κ1) is 12.4. The van der Waals surface area contributed by atoms with Crippen LogP contribution in [0.25, 0.3) is 0 Å². The van der Waals surface area contributed by atoms with Crippen LogP contribution in [0.4, 0.5) is 0 Å². The average Bonchev–Trinajstić information content (AvgIpc) is 2.74. The van der Waals surface area contributed by atoms with E-state index in [0.717, 1.165) is 12.3 Å². The van der Waals surface area contributed by atoms with Gasteiger partial charge in [-0.1, -0.05) is 18.2 Å². The van der Waals surface area contributed by atoms with Crippen molar-refractivity contribution in [1.82, 2.24) is 4.90 Å². The molecule has 1 aromatic rings. The third-order valence-electron chi connectivity index (χ3n) is 3.32. The molecular formula is C14H21NO2. The van der Waals surface area contributed by atoms with Crippen molar-refractivity contribution in [2.24, 2.45) is 0 Å². The van der Waals surface area contributed by atoms with E-state index < -0.39 is 6.10 Å². The highest BCUT2D eigenvalue weighted by Crippen LogP contribution is 2.16. The van der Waals surface area contributed by atoms with Crippen LogP contribution < -0.4 is 4.74 Å². The smallest absolute Gasteiger partial charge is 0.119 e. The minimum absolute atomic E-state index is 0.368. The summed E-state index contributed by atoms with van der Waals surface area (Å²) in [5, 5.41) is 9.92. The molecule has 0 bridgehead atoms. The fraction of sp³-hybridized carbons (Fsp3) is 0.571. The molecule has 0 spiro atoms. The SMILES string of the molecule is CC1CCCN1CC(O)COc1ccccc1. The molecule has 1 saturated heterocycles.